The lowest BCUT2D eigenvalue weighted by atomic mass is 10.3. The highest BCUT2D eigenvalue weighted by Crippen LogP contribution is 2.30. The first-order chi connectivity index (χ1) is 8.24. The van der Waals surface area contributed by atoms with Gasteiger partial charge in [-0.3, -0.25) is 0 Å². The molecule has 0 aliphatic carbocycles. The Morgan fingerprint density at radius 3 is 2.50 bits per heavy atom. The van der Waals surface area contributed by atoms with Gasteiger partial charge in [0.05, 0.1) is 10.7 Å². The molecule has 0 unspecified atom stereocenters. The van der Waals surface area contributed by atoms with Crippen molar-refractivity contribution in [2.45, 2.75) is 18.7 Å². The fourth-order valence-corrected chi connectivity index (χ4v) is 3.24. The molecule has 0 saturated heterocycles. The summed E-state index contributed by atoms with van der Waals surface area (Å²) in [5, 5.41) is 0.297. The van der Waals surface area contributed by atoms with E-state index in [0.29, 0.717) is 5.02 Å². The van der Waals surface area contributed by atoms with Gasteiger partial charge in [0.1, 0.15) is 4.90 Å². The Bertz CT molecular complexity index is 556. The van der Waals surface area contributed by atoms with Crippen LogP contribution in [-0.2, 0) is 10.0 Å². The van der Waals surface area contributed by atoms with Gasteiger partial charge in [-0.25, -0.2) is 13.1 Å². The smallest absolute Gasteiger partial charge is 0.244 e. The summed E-state index contributed by atoms with van der Waals surface area (Å²) in [6.45, 7) is 3.93. The van der Waals surface area contributed by atoms with Crippen molar-refractivity contribution in [3.63, 3.8) is 0 Å². The lowest BCUT2D eigenvalue weighted by Crippen LogP contribution is -2.25. The van der Waals surface area contributed by atoms with Crippen molar-refractivity contribution in [2.24, 2.45) is 0 Å². The third-order valence-corrected chi connectivity index (χ3v) is 4.26. The normalized spacial score (nSPS) is 11.3. The molecule has 18 heavy (non-hydrogen) atoms. The van der Waals surface area contributed by atoms with Crippen LogP contribution in [0.3, 0.4) is 0 Å². The van der Waals surface area contributed by atoms with Crippen molar-refractivity contribution in [3.05, 3.63) is 33.8 Å². The number of hydrogen-bond acceptors (Lipinski definition) is 3. The molecule has 1 rings (SSSR count). The average molecular weight is 309 g/mol. The molecule has 0 amide bonds. The molecule has 0 saturated carbocycles. The number of hydrogen-bond donors (Lipinski definition) is 2. The first kappa shape index (κ1) is 15.3. The van der Waals surface area contributed by atoms with Gasteiger partial charge in [-0.1, -0.05) is 34.9 Å². The van der Waals surface area contributed by atoms with Gasteiger partial charge in [0.25, 0.3) is 0 Å². The van der Waals surface area contributed by atoms with E-state index in [-0.39, 0.29) is 22.2 Å². The fourth-order valence-electron chi connectivity index (χ4n) is 1.29. The van der Waals surface area contributed by atoms with Gasteiger partial charge in [-0.2, -0.15) is 0 Å². The van der Waals surface area contributed by atoms with Crippen LogP contribution < -0.4 is 10.5 Å². The lowest BCUT2D eigenvalue weighted by molar-refractivity contribution is 0.586. The Balaban J connectivity index is 3.10. The van der Waals surface area contributed by atoms with E-state index in [0.717, 1.165) is 5.57 Å². The molecule has 0 radical (unpaired) electrons. The minimum absolute atomic E-state index is 0.00435. The summed E-state index contributed by atoms with van der Waals surface area (Å²) in [6.07, 6.45) is 1.75. The minimum atomic E-state index is -3.74. The van der Waals surface area contributed by atoms with Crippen LogP contribution in [-0.4, -0.2) is 15.0 Å². The molecule has 1 aromatic carbocycles. The second-order valence-corrected chi connectivity index (χ2v) is 6.49. The Morgan fingerprint density at radius 2 is 2.00 bits per heavy atom. The molecular weight excluding hydrogens is 295 g/mol. The van der Waals surface area contributed by atoms with E-state index in [2.05, 4.69) is 4.72 Å². The molecule has 0 aromatic heterocycles. The number of anilines is 1. The third-order valence-electron chi connectivity index (χ3n) is 2.09. The van der Waals surface area contributed by atoms with Gasteiger partial charge in [0.2, 0.25) is 10.0 Å². The van der Waals surface area contributed by atoms with E-state index < -0.39 is 10.0 Å². The summed E-state index contributed by atoms with van der Waals surface area (Å²) in [5.41, 5.74) is 6.67. The van der Waals surface area contributed by atoms with Crippen LogP contribution in [0.25, 0.3) is 0 Å². The van der Waals surface area contributed by atoms with Crippen LogP contribution in [0.15, 0.2) is 28.7 Å². The summed E-state index contributed by atoms with van der Waals surface area (Å²) in [6, 6.07) is 2.69. The zero-order valence-electron chi connectivity index (χ0n) is 10.00. The topological polar surface area (TPSA) is 72.2 Å². The van der Waals surface area contributed by atoms with Crippen LogP contribution in [0.5, 0.6) is 0 Å². The molecule has 100 valence electrons. The molecule has 0 aliphatic heterocycles. The SMILES string of the molecule is CC(C)=CCNS(=O)(=O)c1c(N)cc(Cl)cc1Cl. The molecule has 0 fully saturated rings. The Labute approximate surface area is 117 Å². The van der Waals surface area contributed by atoms with Gasteiger partial charge < -0.3 is 5.73 Å². The van der Waals surface area contributed by atoms with E-state index in [1.807, 2.05) is 13.8 Å². The second kappa shape index (κ2) is 5.93. The summed E-state index contributed by atoms with van der Waals surface area (Å²) in [7, 11) is -3.74. The van der Waals surface area contributed by atoms with Crippen LogP contribution >= 0.6 is 23.2 Å². The predicted octanol–water partition coefficient (Wildman–Crippen LogP) is 2.82. The highest BCUT2D eigenvalue weighted by Gasteiger charge is 2.21. The number of benzene rings is 1. The van der Waals surface area contributed by atoms with Crippen molar-refractivity contribution < 1.29 is 8.42 Å². The van der Waals surface area contributed by atoms with Crippen molar-refractivity contribution in [1.29, 1.82) is 0 Å². The summed E-state index contributed by atoms with van der Waals surface area (Å²) < 4.78 is 26.4. The third kappa shape index (κ3) is 3.88. The van der Waals surface area contributed by atoms with E-state index in [9.17, 15) is 8.42 Å². The molecule has 4 nitrogen and oxygen atoms in total. The molecule has 0 bridgehead atoms. The molecule has 0 spiro atoms. The van der Waals surface area contributed by atoms with Gasteiger partial charge in [0, 0.05) is 11.6 Å². The highest BCUT2D eigenvalue weighted by molar-refractivity contribution is 7.89. The van der Waals surface area contributed by atoms with Gasteiger partial charge in [-0.05, 0) is 26.0 Å². The van der Waals surface area contributed by atoms with Crippen molar-refractivity contribution in [2.75, 3.05) is 12.3 Å². The number of rotatable bonds is 4. The quantitative estimate of drug-likeness (QED) is 0.663. The van der Waals surface area contributed by atoms with Crippen LogP contribution in [0.4, 0.5) is 5.69 Å². The van der Waals surface area contributed by atoms with Gasteiger partial charge in [0.15, 0.2) is 0 Å². The molecule has 0 aliphatic rings. The van der Waals surface area contributed by atoms with Crippen LogP contribution in [0, 0.1) is 0 Å². The molecule has 0 heterocycles. The van der Waals surface area contributed by atoms with E-state index >= 15 is 0 Å². The summed E-state index contributed by atoms with van der Waals surface area (Å²) in [5.74, 6) is 0. The zero-order chi connectivity index (χ0) is 13.9. The molecule has 7 heteroatoms. The molecular formula is C11H14Cl2N2O2S. The number of allylic oxidation sites excluding steroid dienone is 1. The number of nitrogens with one attached hydrogen (secondary N) is 1. The second-order valence-electron chi connectivity index (χ2n) is 3.94. The largest absolute Gasteiger partial charge is 0.398 e. The maximum absolute atomic E-state index is 12.0. The standard InChI is InChI=1S/C11H14Cl2N2O2S/c1-7(2)3-4-15-18(16,17)11-9(13)5-8(12)6-10(11)14/h3,5-6,15H,4,14H2,1-2H3. The number of halogens is 2. The molecule has 1 aromatic rings. The van der Waals surface area contributed by atoms with E-state index in [1.54, 1.807) is 6.08 Å². The zero-order valence-corrected chi connectivity index (χ0v) is 12.3. The summed E-state index contributed by atoms with van der Waals surface area (Å²) >= 11 is 11.6. The number of sulfonamides is 1. The first-order valence-electron chi connectivity index (χ1n) is 5.11. The van der Waals surface area contributed by atoms with Crippen LogP contribution in [0.2, 0.25) is 10.0 Å². The Kier molecular flexibility index (Phi) is 5.04. The fraction of sp³-hybridized carbons (Fsp3) is 0.273. The van der Waals surface area contributed by atoms with Crippen LogP contribution in [0.1, 0.15) is 13.8 Å². The average Bonchev–Trinajstić information content (AvgIpc) is 2.13. The molecule has 3 N–H and O–H groups in total. The van der Waals surface area contributed by atoms with E-state index in [1.165, 1.54) is 12.1 Å². The summed E-state index contributed by atoms with van der Waals surface area (Å²) in [4.78, 5) is -0.143. The van der Waals surface area contributed by atoms with Crippen molar-refractivity contribution >= 4 is 38.9 Å². The number of nitrogens with two attached hydrogens (primary N) is 1. The predicted molar refractivity (Wildman–Crippen MR) is 75.5 cm³/mol. The number of nitrogen functional groups attached to an aromatic ring is 1. The first-order valence-corrected chi connectivity index (χ1v) is 7.35. The highest BCUT2D eigenvalue weighted by atomic mass is 35.5. The van der Waals surface area contributed by atoms with Gasteiger partial charge in [-0.15, -0.1) is 0 Å². The Hall–Kier alpha value is -0.750. The van der Waals surface area contributed by atoms with Gasteiger partial charge >= 0.3 is 0 Å². The maximum Gasteiger partial charge on any atom is 0.244 e. The Morgan fingerprint density at radius 1 is 1.39 bits per heavy atom. The van der Waals surface area contributed by atoms with Crippen molar-refractivity contribution in [1.82, 2.24) is 4.72 Å². The minimum Gasteiger partial charge on any atom is -0.398 e. The van der Waals surface area contributed by atoms with Crippen molar-refractivity contribution in [3.8, 4) is 0 Å². The monoisotopic (exact) mass is 308 g/mol. The van der Waals surface area contributed by atoms with E-state index in [4.69, 9.17) is 28.9 Å². The molecule has 0 atom stereocenters. The lowest BCUT2D eigenvalue weighted by Gasteiger charge is -2.10. The maximum atomic E-state index is 12.0.